The number of hydrogen-bond donors (Lipinski definition) is 0. The predicted molar refractivity (Wildman–Crippen MR) is 76.0 cm³/mol. The molecule has 1 aliphatic carbocycles. The van der Waals surface area contributed by atoms with Crippen LogP contribution in [0, 0.1) is 5.92 Å². The van der Waals surface area contributed by atoms with E-state index >= 15 is 0 Å². The van der Waals surface area contributed by atoms with Crippen LogP contribution in [0.3, 0.4) is 0 Å². The molecule has 1 aliphatic rings. The zero-order valence-electron chi connectivity index (χ0n) is 10.7. The monoisotopic (exact) mass is 324 g/mol. The SMILES string of the molecule is O=C(OCC(=O)C1CCCCC1)c1ccc(Br)cc1. The van der Waals surface area contributed by atoms with Gasteiger partial charge in [-0.25, -0.2) is 4.79 Å². The fourth-order valence-electron chi connectivity index (χ4n) is 2.35. The van der Waals surface area contributed by atoms with Crippen molar-refractivity contribution >= 4 is 27.7 Å². The zero-order valence-corrected chi connectivity index (χ0v) is 12.3. The molecule has 0 aliphatic heterocycles. The Kier molecular flexibility index (Phi) is 5.14. The molecule has 1 aromatic carbocycles. The van der Waals surface area contributed by atoms with Crippen molar-refractivity contribution in [3.8, 4) is 0 Å². The smallest absolute Gasteiger partial charge is 0.338 e. The lowest BCUT2D eigenvalue weighted by Gasteiger charge is -2.19. The second kappa shape index (κ2) is 6.85. The summed E-state index contributed by atoms with van der Waals surface area (Å²) in [6.07, 6.45) is 5.31. The van der Waals surface area contributed by atoms with E-state index < -0.39 is 5.97 Å². The van der Waals surface area contributed by atoms with Crippen molar-refractivity contribution in [2.24, 2.45) is 5.92 Å². The van der Waals surface area contributed by atoms with E-state index in [1.807, 2.05) is 0 Å². The van der Waals surface area contributed by atoms with Gasteiger partial charge in [0.15, 0.2) is 12.4 Å². The third kappa shape index (κ3) is 4.16. The van der Waals surface area contributed by atoms with E-state index in [1.165, 1.54) is 6.42 Å². The molecule has 0 unspecified atom stereocenters. The Morgan fingerprint density at radius 1 is 1.11 bits per heavy atom. The molecule has 0 heterocycles. The van der Waals surface area contributed by atoms with Crippen molar-refractivity contribution in [2.45, 2.75) is 32.1 Å². The molecule has 102 valence electrons. The molecule has 0 bridgehead atoms. The van der Waals surface area contributed by atoms with Crippen LogP contribution in [0.1, 0.15) is 42.5 Å². The first-order chi connectivity index (χ1) is 9.16. The van der Waals surface area contributed by atoms with E-state index in [1.54, 1.807) is 24.3 Å². The molecule has 1 aromatic rings. The number of ketones is 1. The van der Waals surface area contributed by atoms with Crippen LogP contribution in [-0.2, 0) is 9.53 Å². The highest BCUT2D eigenvalue weighted by Gasteiger charge is 2.22. The molecular weight excluding hydrogens is 308 g/mol. The summed E-state index contributed by atoms with van der Waals surface area (Å²) in [5.74, 6) is -0.284. The van der Waals surface area contributed by atoms with Crippen molar-refractivity contribution < 1.29 is 14.3 Å². The fraction of sp³-hybridized carbons (Fsp3) is 0.467. The highest BCUT2D eigenvalue weighted by molar-refractivity contribution is 9.10. The Morgan fingerprint density at radius 2 is 1.74 bits per heavy atom. The second-order valence-corrected chi connectivity index (χ2v) is 5.80. The van der Waals surface area contributed by atoms with Gasteiger partial charge in [0.1, 0.15) is 0 Å². The standard InChI is InChI=1S/C15H17BrO3/c16-13-8-6-12(7-9-13)15(18)19-10-14(17)11-4-2-1-3-5-11/h6-9,11H,1-5,10H2. The van der Waals surface area contributed by atoms with Gasteiger partial charge < -0.3 is 4.74 Å². The van der Waals surface area contributed by atoms with Crippen molar-refractivity contribution in [1.29, 1.82) is 0 Å². The van der Waals surface area contributed by atoms with E-state index in [4.69, 9.17) is 4.74 Å². The molecule has 0 aromatic heterocycles. The summed E-state index contributed by atoms with van der Waals surface area (Å²) in [4.78, 5) is 23.7. The lowest BCUT2D eigenvalue weighted by Crippen LogP contribution is -2.23. The number of rotatable bonds is 4. The van der Waals surface area contributed by atoms with E-state index in [2.05, 4.69) is 15.9 Å². The van der Waals surface area contributed by atoms with Gasteiger partial charge in [-0.3, -0.25) is 4.79 Å². The number of esters is 1. The molecule has 1 saturated carbocycles. The summed E-state index contributed by atoms with van der Waals surface area (Å²) < 4.78 is 5.98. The van der Waals surface area contributed by atoms with Gasteiger partial charge in [0.05, 0.1) is 5.56 Å². The first kappa shape index (κ1) is 14.3. The topological polar surface area (TPSA) is 43.4 Å². The molecule has 0 radical (unpaired) electrons. The summed E-state index contributed by atoms with van der Waals surface area (Å²) in [5.41, 5.74) is 0.472. The molecule has 0 spiro atoms. The normalized spacial score (nSPS) is 16.1. The summed E-state index contributed by atoms with van der Waals surface area (Å²) in [5, 5.41) is 0. The minimum atomic E-state index is -0.434. The third-order valence-corrected chi connectivity index (χ3v) is 4.01. The molecule has 3 nitrogen and oxygen atoms in total. The predicted octanol–water partition coefficient (Wildman–Crippen LogP) is 3.76. The molecule has 0 atom stereocenters. The minimum Gasteiger partial charge on any atom is -0.454 e. The molecular formula is C15H17BrO3. The highest BCUT2D eigenvalue weighted by Crippen LogP contribution is 2.24. The average molecular weight is 325 g/mol. The Morgan fingerprint density at radius 3 is 2.37 bits per heavy atom. The highest BCUT2D eigenvalue weighted by atomic mass is 79.9. The van der Waals surface area contributed by atoms with Gasteiger partial charge in [0.2, 0.25) is 0 Å². The van der Waals surface area contributed by atoms with Crippen LogP contribution in [0.5, 0.6) is 0 Å². The first-order valence-electron chi connectivity index (χ1n) is 6.62. The Bertz CT molecular complexity index is 447. The van der Waals surface area contributed by atoms with Crippen molar-refractivity contribution in [3.63, 3.8) is 0 Å². The van der Waals surface area contributed by atoms with Gasteiger partial charge in [0, 0.05) is 10.4 Å². The molecule has 19 heavy (non-hydrogen) atoms. The number of halogens is 1. The number of benzene rings is 1. The minimum absolute atomic E-state index is 0.0603. The van der Waals surface area contributed by atoms with Gasteiger partial charge in [-0.1, -0.05) is 35.2 Å². The Hall–Kier alpha value is -1.16. The van der Waals surface area contributed by atoms with Gasteiger partial charge in [-0.05, 0) is 37.1 Å². The second-order valence-electron chi connectivity index (χ2n) is 4.88. The van der Waals surface area contributed by atoms with Crippen LogP contribution >= 0.6 is 15.9 Å². The van der Waals surface area contributed by atoms with Gasteiger partial charge in [-0.15, -0.1) is 0 Å². The van der Waals surface area contributed by atoms with Crippen LogP contribution in [0.4, 0.5) is 0 Å². The molecule has 1 fully saturated rings. The quantitative estimate of drug-likeness (QED) is 0.792. The van der Waals surface area contributed by atoms with Crippen molar-refractivity contribution in [2.75, 3.05) is 6.61 Å². The molecule has 0 N–H and O–H groups in total. The summed E-state index contributed by atoms with van der Waals surface area (Å²) in [7, 11) is 0. The van der Waals surface area contributed by atoms with Crippen LogP contribution in [0.25, 0.3) is 0 Å². The van der Waals surface area contributed by atoms with Gasteiger partial charge in [-0.2, -0.15) is 0 Å². The zero-order chi connectivity index (χ0) is 13.7. The third-order valence-electron chi connectivity index (χ3n) is 3.49. The van der Waals surface area contributed by atoms with E-state index in [9.17, 15) is 9.59 Å². The average Bonchev–Trinajstić information content (AvgIpc) is 2.46. The van der Waals surface area contributed by atoms with Crippen LogP contribution in [0.2, 0.25) is 0 Å². The van der Waals surface area contributed by atoms with E-state index in [-0.39, 0.29) is 18.3 Å². The van der Waals surface area contributed by atoms with Crippen LogP contribution in [-0.4, -0.2) is 18.4 Å². The number of hydrogen-bond acceptors (Lipinski definition) is 3. The molecule has 2 rings (SSSR count). The lowest BCUT2D eigenvalue weighted by molar-refractivity contribution is -0.126. The van der Waals surface area contributed by atoms with Crippen molar-refractivity contribution in [1.82, 2.24) is 0 Å². The van der Waals surface area contributed by atoms with Crippen LogP contribution < -0.4 is 0 Å². The van der Waals surface area contributed by atoms with Crippen molar-refractivity contribution in [3.05, 3.63) is 34.3 Å². The van der Waals surface area contributed by atoms with E-state index in [0.717, 1.165) is 30.2 Å². The maximum absolute atomic E-state index is 11.9. The van der Waals surface area contributed by atoms with Crippen LogP contribution in [0.15, 0.2) is 28.7 Å². The summed E-state index contributed by atoms with van der Waals surface area (Å²) in [6.45, 7) is -0.0977. The fourth-order valence-corrected chi connectivity index (χ4v) is 2.61. The summed E-state index contributed by atoms with van der Waals surface area (Å²) >= 11 is 3.30. The number of carbonyl (C=O) groups is 2. The largest absolute Gasteiger partial charge is 0.454 e. The number of carbonyl (C=O) groups excluding carboxylic acids is 2. The first-order valence-corrected chi connectivity index (χ1v) is 7.41. The maximum atomic E-state index is 11.9. The van der Waals surface area contributed by atoms with Gasteiger partial charge >= 0.3 is 5.97 Å². The van der Waals surface area contributed by atoms with E-state index in [0.29, 0.717) is 5.56 Å². The Labute approximate surface area is 121 Å². The molecule has 4 heteroatoms. The lowest BCUT2D eigenvalue weighted by atomic mass is 9.86. The molecule has 0 saturated heterocycles. The Balaban J connectivity index is 1.82. The maximum Gasteiger partial charge on any atom is 0.338 e. The number of Topliss-reactive ketones (excluding diaryl/α,β-unsaturated/α-hetero) is 1. The summed E-state index contributed by atoms with van der Waals surface area (Å²) in [6, 6.07) is 6.91. The number of ether oxygens (including phenoxy) is 1. The molecule has 0 amide bonds. The van der Waals surface area contributed by atoms with Gasteiger partial charge in [0.25, 0.3) is 0 Å².